The van der Waals surface area contributed by atoms with Gasteiger partial charge in [-0.05, 0) is 37.5 Å². The molecule has 1 unspecified atom stereocenters. The van der Waals surface area contributed by atoms with Gasteiger partial charge >= 0.3 is 0 Å². The van der Waals surface area contributed by atoms with Gasteiger partial charge in [0.1, 0.15) is 5.54 Å². The predicted octanol–water partition coefficient (Wildman–Crippen LogP) is 2.26. The third-order valence-electron chi connectivity index (χ3n) is 5.59. The number of piperazine rings is 1. The SMILES string of the molecule is Cc1cccc(C)c1NC(=O)CN1CCN(C(=O)C(C)(N)c2ccccc2)CC1. The molecule has 1 heterocycles. The van der Waals surface area contributed by atoms with Crippen molar-refractivity contribution in [2.24, 2.45) is 5.73 Å². The second-order valence-corrected chi connectivity index (χ2v) is 7.95. The molecule has 6 heteroatoms. The van der Waals surface area contributed by atoms with E-state index in [0.717, 1.165) is 22.4 Å². The minimum absolute atomic E-state index is 0.0323. The molecule has 1 atom stereocenters. The summed E-state index contributed by atoms with van der Waals surface area (Å²) >= 11 is 0. The lowest BCUT2D eigenvalue weighted by atomic mass is 9.91. The predicted molar refractivity (Wildman–Crippen MR) is 116 cm³/mol. The van der Waals surface area contributed by atoms with Gasteiger partial charge in [-0.1, -0.05) is 48.5 Å². The third kappa shape index (κ3) is 4.83. The van der Waals surface area contributed by atoms with E-state index in [1.807, 2.05) is 62.4 Å². The number of carbonyl (C=O) groups is 2. The van der Waals surface area contributed by atoms with Crippen molar-refractivity contribution >= 4 is 17.5 Å². The Balaban J connectivity index is 1.54. The number of nitrogens with one attached hydrogen (secondary N) is 1. The Morgan fingerprint density at radius 1 is 0.966 bits per heavy atom. The number of benzene rings is 2. The van der Waals surface area contributed by atoms with Gasteiger partial charge in [0.05, 0.1) is 6.54 Å². The van der Waals surface area contributed by atoms with Gasteiger partial charge in [0, 0.05) is 31.9 Å². The zero-order valence-electron chi connectivity index (χ0n) is 17.4. The van der Waals surface area contributed by atoms with E-state index in [0.29, 0.717) is 32.7 Å². The van der Waals surface area contributed by atoms with Crippen LogP contribution in [0.4, 0.5) is 5.69 Å². The van der Waals surface area contributed by atoms with Crippen LogP contribution in [0.3, 0.4) is 0 Å². The van der Waals surface area contributed by atoms with Crippen LogP contribution in [0.15, 0.2) is 48.5 Å². The maximum atomic E-state index is 13.0. The van der Waals surface area contributed by atoms with Crippen LogP contribution < -0.4 is 11.1 Å². The summed E-state index contributed by atoms with van der Waals surface area (Å²) in [6, 6.07) is 15.4. The highest BCUT2D eigenvalue weighted by Crippen LogP contribution is 2.22. The average Bonchev–Trinajstić information content (AvgIpc) is 2.71. The first-order chi connectivity index (χ1) is 13.8. The van der Waals surface area contributed by atoms with Crippen molar-refractivity contribution in [1.29, 1.82) is 0 Å². The van der Waals surface area contributed by atoms with E-state index in [2.05, 4.69) is 10.2 Å². The minimum atomic E-state index is -1.05. The third-order valence-corrected chi connectivity index (χ3v) is 5.59. The summed E-state index contributed by atoms with van der Waals surface area (Å²) in [5.41, 5.74) is 9.11. The zero-order chi connectivity index (χ0) is 21.0. The minimum Gasteiger partial charge on any atom is -0.338 e. The van der Waals surface area contributed by atoms with Gasteiger partial charge in [0.2, 0.25) is 11.8 Å². The number of nitrogens with zero attached hydrogens (tertiary/aromatic N) is 2. The molecule has 29 heavy (non-hydrogen) atoms. The van der Waals surface area contributed by atoms with Gasteiger partial charge in [-0.25, -0.2) is 0 Å². The Hall–Kier alpha value is -2.70. The van der Waals surface area contributed by atoms with E-state index in [4.69, 9.17) is 5.73 Å². The van der Waals surface area contributed by atoms with Crippen molar-refractivity contribution in [3.05, 3.63) is 65.2 Å². The molecule has 6 nitrogen and oxygen atoms in total. The largest absolute Gasteiger partial charge is 0.338 e. The van der Waals surface area contributed by atoms with Crippen molar-refractivity contribution in [1.82, 2.24) is 9.80 Å². The molecular formula is C23H30N4O2. The lowest BCUT2D eigenvalue weighted by molar-refractivity contribution is -0.138. The van der Waals surface area contributed by atoms with Gasteiger partial charge in [-0.3, -0.25) is 14.5 Å². The highest BCUT2D eigenvalue weighted by atomic mass is 16.2. The summed E-state index contributed by atoms with van der Waals surface area (Å²) in [4.78, 5) is 29.3. The fraction of sp³-hybridized carbons (Fsp3) is 0.391. The molecule has 0 saturated carbocycles. The van der Waals surface area contributed by atoms with Gasteiger partial charge in [-0.2, -0.15) is 0 Å². The number of rotatable bonds is 5. The van der Waals surface area contributed by atoms with Gasteiger partial charge in [-0.15, -0.1) is 0 Å². The molecule has 0 bridgehead atoms. The Morgan fingerprint density at radius 3 is 2.14 bits per heavy atom. The van der Waals surface area contributed by atoms with Crippen molar-refractivity contribution in [2.75, 3.05) is 38.0 Å². The van der Waals surface area contributed by atoms with Crippen molar-refractivity contribution in [3.8, 4) is 0 Å². The summed E-state index contributed by atoms with van der Waals surface area (Å²) in [5.74, 6) is -0.113. The molecule has 0 radical (unpaired) electrons. The van der Waals surface area contributed by atoms with Crippen molar-refractivity contribution in [3.63, 3.8) is 0 Å². The number of hydrogen-bond donors (Lipinski definition) is 2. The molecule has 1 fully saturated rings. The molecule has 0 aromatic heterocycles. The van der Waals surface area contributed by atoms with Crippen LogP contribution in [0.25, 0.3) is 0 Å². The summed E-state index contributed by atoms with van der Waals surface area (Å²) in [6.45, 7) is 8.48. The number of amides is 2. The molecule has 2 aromatic rings. The molecule has 3 rings (SSSR count). The Labute approximate surface area is 172 Å². The summed E-state index contributed by atoms with van der Waals surface area (Å²) in [6.07, 6.45) is 0. The zero-order valence-corrected chi connectivity index (χ0v) is 17.4. The first-order valence-corrected chi connectivity index (χ1v) is 10.0. The molecule has 0 aliphatic carbocycles. The van der Waals surface area contributed by atoms with Crippen LogP contribution in [0.5, 0.6) is 0 Å². The second-order valence-electron chi connectivity index (χ2n) is 7.95. The highest BCUT2D eigenvalue weighted by molar-refractivity contribution is 5.93. The lowest BCUT2D eigenvalue weighted by Crippen LogP contribution is -2.57. The van der Waals surface area contributed by atoms with Gasteiger partial charge in [0.15, 0.2) is 0 Å². The monoisotopic (exact) mass is 394 g/mol. The number of para-hydroxylation sites is 1. The smallest absolute Gasteiger partial charge is 0.247 e. The molecule has 3 N–H and O–H groups in total. The maximum Gasteiger partial charge on any atom is 0.247 e. The summed E-state index contributed by atoms with van der Waals surface area (Å²) < 4.78 is 0. The number of carbonyl (C=O) groups excluding carboxylic acids is 2. The topological polar surface area (TPSA) is 78.7 Å². The summed E-state index contributed by atoms with van der Waals surface area (Å²) in [5, 5.41) is 3.02. The first-order valence-electron chi connectivity index (χ1n) is 10.0. The lowest BCUT2D eigenvalue weighted by Gasteiger charge is -2.38. The normalized spacial score (nSPS) is 16.9. The van der Waals surface area contributed by atoms with Crippen molar-refractivity contribution in [2.45, 2.75) is 26.3 Å². The van der Waals surface area contributed by atoms with Crippen LogP contribution in [-0.2, 0) is 15.1 Å². The quantitative estimate of drug-likeness (QED) is 0.815. The first kappa shape index (κ1) is 21.0. The number of hydrogen-bond acceptors (Lipinski definition) is 4. The molecule has 1 aliphatic rings. The molecule has 154 valence electrons. The van der Waals surface area contributed by atoms with E-state index in [1.54, 1.807) is 11.8 Å². The standard InChI is InChI=1S/C23H30N4O2/c1-17-8-7-9-18(2)21(17)25-20(28)16-26-12-14-27(15-13-26)22(29)23(3,24)19-10-5-4-6-11-19/h4-11H,12-16,24H2,1-3H3,(H,25,28). The molecule has 1 saturated heterocycles. The maximum absolute atomic E-state index is 13.0. The van der Waals surface area contributed by atoms with Crippen LogP contribution >= 0.6 is 0 Å². The fourth-order valence-electron chi connectivity index (χ4n) is 3.74. The van der Waals surface area contributed by atoms with Gasteiger partial charge in [0.25, 0.3) is 0 Å². The molecule has 1 aliphatic heterocycles. The molecular weight excluding hydrogens is 364 g/mol. The Bertz CT molecular complexity index is 851. The second kappa shape index (κ2) is 8.76. The Kier molecular flexibility index (Phi) is 6.35. The summed E-state index contributed by atoms with van der Waals surface area (Å²) in [7, 11) is 0. The van der Waals surface area contributed by atoms with Crippen LogP contribution in [0.2, 0.25) is 0 Å². The average molecular weight is 395 g/mol. The number of anilines is 1. The van der Waals surface area contributed by atoms with E-state index < -0.39 is 5.54 Å². The Morgan fingerprint density at radius 2 is 1.55 bits per heavy atom. The highest BCUT2D eigenvalue weighted by Gasteiger charge is 2.35. The van der Waals surface area contributed by atoms with Gasteiger partial charge < -0.3 is 16.0 Å². The van der Waals surface area contributed by atoms with Crippen LogP contribution in [0.1, 0.15) is 23.6 Å². The number of aryl methyl sites for hydroxylation is 2. The number of nitrogens with two attached hydrogens (primary N) is 1. The molecule has 0 spiro atoms. The van der Waals surface area contributed by atoms with E-state index in [1.165, 1.54) is 0 Å². The molecule has 2 amide bonds. The van der Waals surface area contributed by atoms with E-state index >= 15 is 0 Å². The fourth-order valence-corrected chi connectivity index (χ4v) is 3.74. The molecule has 2 aromatic carbocycles. The van der Waals surface area contributed by atoms with Crippen LogP contribution in [-0.4, -0.2) is 54.3 Å². The van der Waals surface area contributed by atoms with E-state index in [-0.39, 0.29) is 11.8 Å². The van der Waals surface area contributed by atoms with Crippen molar-refractivity contribution < 1.29 is 9.59 Å². The van der Waals surface area contributed by atoms with Crippen LogP contribution in [0, 0.1) is 13.8 Å². The van der Waals surface area contributed by atoms with E-state index in [9.17, 15) is 9.59 Å².